The molecular formula is C21H19N3O5. The molecule has 0 aliphatic carbocycles. The topological polar surface area (TPSA) is 105 Å². The summed E-state index contributed by atoms with van der Waals surface area (Å²) in [6.07, 6.45) is 1.23. The molecule has 148 valence electrons. The van der Waals surface area contributed by atoms with Crippen LogP contribution in [0.4, 0.5) is 5.69 Å². The number of amides is 2. The Morgan fingerprint density at radius 3 is 2.83 bits per heavy atom. The number of ether oxygens (including phenoxy) is 1. The summed E-state index contributed by atoms with van der Waals surface area (Å²) in [5.74, 6) is 0.212. The van der Waals surface area contributed by atoms with Crippen molar-refractivity contribution in [2.24, 2.45) is 0 Å². The molecule has 1 aliphatic rings. The molecule has 0 unspecified atom stereocenters. The molecule has 0 saturated carbocycles. The number of nitrogens with one attached hydrogen (secondary N) is 1. The number of β-amino-alcohol motifs (C(OH)–C–C–N with tert-alkyl or cyclic N) is 1. The molecule has 1 aliphatic heterocycles. The molecule has 2 amide bonds. The number of carbonyl (C=O) groups is 2. The molecule has 4 rings (SSSR count). The number of methoxy groups -OCH3 is 1. The van der Waals surface area contributed by atoms with Gasteiger partial charge in [-0.15, -0.1) is 0 Å². The van der Waals surface area contributed by atoms with E-state index in [-0.39, 0.29) is 18.8 Å². The summed E-state index contributed by atoms with van der Waals surface area (Å²) in [6.45, 7) is 1.56. The van der Waals surface area contributed by atoms with E-state index in [4.69, 9.17) is 14.3 Å². The zero-order chi connectivity index (χ0) is 20.5. The Hall–Kier alpha value is -3.65. The number of benzene rings is 2. The first-order valence-corrected chi connectivity index (χ1v) is 9.02. The Morgan fingerprint density at radius 2 is 2.07 bits per heavy atom. The number of oxazole rings is 1. The van der Waals surface area contributed by atoms with Crippen molar-refractivity contribution in [3.8, 4) is 17.2 Å². The van der Waals surface area contributed by atoms with Crippen molar-refractivity contribution in [3.05, 3.63) is 53.7 Å². The minimum absolute atomic E-state index is 0.0370. The fraction of sp³-hybridized carbons (Fsp3) is 0.190. The van der Waals surface area contributed by atoms with E-state index in [1.165, 1.54) is 6.08 Å². The van der Waals surface area contributed by atoms with Gasteiger partial charge in [-0.3, -0.25) is 14.5 Å². The summed E-state index contributed by atoms with van der Waals surface area (Å²) >= 11 is 0. The maximum Gasteiger partial charge on any atom is 0.277 e. The second kappa shape index (κ2) is 7.40. The monoisotopic (exact) mass is 393 g/mol. The lowest BCUT2D eigenvalue weighted by Crippen LogP contribution is -2.34. The number of anilines is 1. The van der Waals surface area contributed by atoms with Crippen LogP contribution >= 0.6 is 0 Å². The smallest absolute Gasteiger partial charge is 0.277 e. The van der Waals surface area contributed by atoms with Crippen LogP contribution in [0.2, 0.25) is 0 Å². The average Bonchev–Trinajstić information content (AvgIpc) is 3.25. The minimum atomic E-state index is -0.470. The Morgan fingerprint density at radius 1 is 1.24 bits per heavy atom. The van der Waals surface area contributed by atoms with Gasteiger partial charge in [0, 0.05) is 23.4 Å². The number of imide groups is 1. The molecule has 8 heteroatoms. The molecule has 8 nitrogen and oxygen atoms in total. The van der Waals surface area contributed by atoms with Gasteiger partial charge in [0.05, 0.1) is 20.3 Å². The summed E-state index contributed by atoms with van der Waals surface area (Å²) < 4.78 is 11.1. The van der Waals surface area contributed by atoms with Gasteiger partial charge in [-0.05, 0) is 36.8 Å². The standard InChI is InChI=1S/C21H19N3O5/c1-12-14(20-23-16-10-13(28-2)6-7-18(16)29-20)4-3-5-15(12)22-17-11-19(26)24(8-9-25)21(17)27/h3-7,10-11,22,25H,8-9H2,1-2H3. The molecule has 0 bridgehead atoms. The third kappa shape index (κ3) is 3.34. The number of nitrogens with zero attached hydrogens (tertiary/aromatic N) is 2. The summed E-state index contributed by atoms with van der Waals surface area (Å²) in [4.78, 5) is 29.9. The van der Waals surface area contributed by atoms with Crippen LogP contribution in [-0.4, -0.2) is 47.1 Å². The van der Waals surface area contributed by atoms with Gasteiger partial charge in [-0.2, -0.15) is 0 Å². The van der Waals surface area contributed by atoms with Crippen molar-refractivity contribution >= 4 is 28.6 Å². The Bertz CT molecular complexity index is 1150. The molecule has 2 N–H and O–H groups in total. The zero-order valence-electron chi connectivity index (χ0n) is 15.9. The molecule has 1 aromatic heterocycles. The number of fused-ring (bicyclic) bond motifs is 1. The van der Waals surface area contributed by atoms with Gasteiger partial charge in [0.25, 0.3) is 11.8 Å². The van der Waals surface area contributed by atoms with Crippen LogP contribution in [0.3, 0.4) is 0 Å². The average molecular weight is 393 g/mol. The lowest BCUT2D eigenvalue weighted by molar-refractivity contribution is -0.137. The first-order valence-electron chi connectivity index (χ1n) is 9.02. The van der Waals surface area contributed by atoms with Crippen LogP contribution in [0.5, 0.6) is 5.75 Å². The van der Waals surface area contributed by atoms with Gasteiger partial charge < -0.3 is 19.6 Å². The number of aromatic nitrogens is 1. The lowest BCUT2D eigenvalue weighted by Gasteiger charge is -2.15. The van der Waals surface area contributed by atoms with Crippen LogP contribution in [-0.2, 0) is 9.59 Å². The van der Waals surface area contributed by atoms with Crippen molar-refractivity contribution in [2.75, 3.05) is 25.6 Å². The van der Waals surface area contributed by atoms with E-state index in [9.17, 15) is 9.59 Å². The van der Waals surface area contributed by atoms with E-state index in [2.05, 4.69) is 10.3 Å². The highest BCUT2D eigenvalue weighted by molar-refractivity contribution is 6.17. The normalized spacial score (nSPS) is 13.9. The number of carbonyl (C=O) groups excluding carboxylic acids is 2. The van der Waals surface area contributed by atoms with Crippen molar-refractivity contribution in [1.29, 1.82) is 0 Å². The molecule has 29 heavy (non-hydrogen) atoms. The van der Waals surface area contributed by atoms with E-state index in [0.29, 0.717) is 28.4 Å². The number of aliphatic hydroxyl groups excluding tert-OH is 1. The van der Waals surface area contributed by atoms with E-state index in [0.717, 1.165) is 16.0 Å². The van der Waals surface area contributed by atoms with Gasteiger partial charge in [-0.1, -0.05) is 6.07 Å². The van der Waals surface area contributed by atoms with Crippen LogP contribution in [0.15, 0.2) is 52.6 Å². The van der Waals surface area contributed by atoms with Crippen LogP contribution < -0.4 is 10.1 Å². The molecule has 3 aromatic rings. The minimum Gasteiger partial charge on any atom is -0.497 e. The third-order valence-electron chi connectivity index (χ3n) is 4.76. The number of hydrogen-bond acceptors (Lipinski definition) is 7. The number of hydrogen-bond donors (Lipinski definition) is 2. The summed E-state index contributed by atoms with van der Waals surface area (Å²) in [6, 6.07) is 10.9. The van der Waals surface area contributed by atoms with Crippen molar-refractivity contribution < 1.29 is 23.8 Å². The first-order chi connectivity index (χ1) is 14.0. The fourth-order valence-electron chi connectivity index (χ4n) is 3.21. The maximum absolute atomic E-state index is 12.4. The largest absolute Gasteiger partial charge is 0.497 e. The quantitative estimate of drug-likeness (QED) is 0.620. The number of rotatable bonds is 6. The maximum atomic E-state index is 12.4. The molecule has 0 fully saturated rings. The lowest BCUT2D eigenvalue weighted by atomic mass is 10.1. The first kappa shape index (κ1) is 18.7. The predicted molar refractivity (Wildman–Crippen MR) is 106 cm³/mol. The number of aliphatic hydroxyl groups is 1. The van der Waals surface area contributed by atoms with Gasteiger partial charge in [0.1, 0.15) is 17.0 Å². The predicted octanol–water partition coefficient (Wildman–Crippen LogP) is 2.47. The highest BCUT2D eigenvalue weighted by Crippen LogP contribution is 2.32. The Balaban J connectivity index is 1.66. The van der Waals surface area contributed by atoms with E-state index in [1.54, 1.807) is 31.4 Å². The molecule has 0 radical (unpaired) electrons. The molecule has 0 atom stereocenters. The Labute approximate surface area is 166 Å². The van der Waals surface area contributed by atoms with E-state index < -0.39 is 11.8 Å². The summed E-state index contributed by atoms with van der Waals surface area (Å²) in [7, 11) is 1.59. The van der Waals surface area contributed by atoms with Crippen molar-refractivity contribution in [2.45, 2.75) is 6.92 Å². The third-order valence-corrected chi connectivity index (χ3v) is 4.76. The van der Waals surface area contributed by atoms with E-state index >= 15 is 0 Å². The Kier molecular flexibility index (Phi) is 4.77. The molecule has 0 spiro atoms. The van der Waals surface area contributed by atoms with Crippen molar-refractivity contribution in [1.82, 2.24) is 9.88 Å². The molecule has 2 aromatic carbocycles. The van der Waals surface area contributed by atoms with Gasteiger partial charge >= 0.3 is 0 Å². The van der Waals surface area contributed by atoms with Gasteiger partial charge in [0.15, 0.2) is 5.58 Å². The van der Waals surface area contributed by atoms with Crippen LogP contribution in [0, 0.1) is 6.92 Å². The molecule has 0 saturated heterocycles. The summed E-state index contributed by atoms with van der Waals surface area (Å²) in [5.41, 5.74) is 3.70. The highest BCUT2D eigenvalue weighted by Gasteiger charge is 2.31. The SMILES string of the molecule is COc1ccc2oc(-c3cccc(NC4=CC(=O)N(CCO)C4=O)c3C)nc2c1. The highest BCUT2D eigenvalue weighted by atomic mass is 16.5. The second-order valence-electron chi connectivity index (χ2n) is 6.53. The molecular weight excluding hydrogens is 374 g/mol. The summed E-state index contributed by atoms with van der Waals surface area (Å²) in [5, 5.41) is 12.0. The zero-order valence-corrected chi connectivity index (χ0v) is 15.9. The van der Waals surface area contributed by atoms with E-state index in [1.807, 2.05) is 19.1 Å². The van der Waals surface area contributed by atoms with Gasteiger partial charge in [0.2, 0.25) is 5.89 Å². The molecule has 2 heterocycles. The van der Waals surface area contributed by atoms with Crippen LogP contribution in [0.25, 0.3) is 22.6 Å². The fourth-order valence-corrected chi connectivity index (χ4v) is 3.21. The van der Waals surface area contributed by atoms with Crippen molar-refractivity contribution in [3.63, 3.8) is 0 Å². The second-order valence-corrected chi connectivity index (χ2v) is 6.53. The van der Waals surface area contributed by atoms with Gasteiger partial charge in [-0.25, -0.2) is 4.98 Å². The van der Waals surface area contributed by atoms with Crippen LogP contribution in [0.1, 0.15) is 5.56 Å².